The highest BCUT2D eigenvalue weighted by Gasteiger charge is 1.96. The second-order valence-corrected chi connectivity index (χ2v) is 3.07. The van der Waals surface area contributed by atoms with Gasteiger partial charge in [-0.25, -0.2) is 4.98 Å². The molecule has 2 N–H and O–H groups in total. The third-order valence-corrected chi connectivity index (χ3v) is 1.93. The molecule has 0 spiro atoms. The molecule has 2 heterocycles. The Morgan fingerprint density at radius 2 is 2.40 bits per heavy atom. The summed E-state index contributed by atoms with van der Waals surface area (Å²) in [4.78, 5) is 4.04. The number of rotatable bonds is 5. The summed E-state index contributed by atoms with van der Waals surface area (Å²) in [5.74, 6) is 1.71. The van der Waals surface area contributed by atoms with Crippen LogP contribution >= 0.6 is 0 Å². The zero-order chi connectivity index (χ0) is 10.3. The fraction of sp³-hybridized carbons (Fsp3) is 0.333. The number of anilines is 1. The topological polar surface area (TPSA) is 79.4 Å². The highest BCUT2D eigenvalue weighted by molar-refractivity contribution is 5.30. The molecule has 0 saturated carbocycles. The Kier molecular flexibility index (Phi) is 3.22. The van der Waals surface area contributed by atoms with E-state index in [0.717, 1.165) is 31.0 Å². The maximum atomic E-state index is 4.04. The number of hydrogen-bond acceptors (Lipinski definition) is 5. The fourth-order valence-corrected chi connectivity index (χ4v) is 1.22. The van der Waals surface area contributed by atoms with Crippen LogP contribution in [0, 0.1) is 0 Å². The van der Waals surface area contributed by atoms with Gasteiger partial charge in [-0.1, -0.05) is 0 Å². The SMILES string of the molecule is c1cnnc(NCCCc2ncn[nH]2)c1. The van der Waals surface area contributed by atoms with E-state index in [4.69, 9.17) is 0 Å². The summed E-state index contributed by atoms with van der Waals surface area (Å²) in [6.07, 6.45) is 5.03. The predicted octanol–water partition coefficient (Wildman–Crippen LogP) is 0.639. The van der Waals surface area contributed by atoms with Gasteiger partial charge in [-0.15, -0.1) is 5.10 Å². The summed E-state index contributed by atoms with van der Waals surface area (Å²) in [5, 5.41) is 17.5. The van der Waals surface area contributed by atoms with Gasteiger partial charge in [0.15, 0.2) is 0 Å². The van der Waals surface area contributed by atoms with Crippen LogP contribution in [0.5, 0.6) is 0 Å². The lowest BCUT2D eigenvalue weighted by Crippen LogP contribution is -2.05. The van der Waals surface area contributed by atoms with E-state index in [1.54, 1.807) is 6.20 Å². The predicted molar refractivity (Wildman–Crippen MR) is 55.2 cm³/mol. The molecular formula is C9H12N6. The summed E-state index contributed by atoms with van der Waals surface area (Å²) in [7, 11) is 0. The maximum Gasteiger partial charge on any atom is 0.148 e. The number of nitrogens with one attached hydrogen (secondary N) is 2. The first-order valence-corrected chi connectivity index (χ1v) is 4.81. The van der Waals surface area contributed by atoms with Crippen molar-refractivity contribution in [1.82, 2.24) is 25.4 Å². The van der Waals surface area contributed by atoms with Gasteiger partial charge in [-0.2, -0.15) is 10.2 Å². The first-order chi connectivity index (χ1) is 7.45. The molecule has 6 heteroatoms. The van der Waals surface area contributed by atoms with Crippen molar-refractivity contribution in [3.05, 3.63) is 30.5 Å². The Morgan fingerprint density at radius 1 is 1.40 bits per heavy atom. The largest absolute Gasteiger partial charge is 0.369 e. The number of aryl methyl sites for hydroxylation is 1. The molecule has 0 unspecified atom stereocenters. The van der Waals surface area contributed by atoms with E-state index in [9.17, 15) is 0 Å². The molecule has 2 rings (SSSR count). The summed E-state index contributed by atoms with van der Waals surface area (Å²) < 4.78 is 0. The average Bonchev–Trinajstić information content (AvgIpc) is 2.79. The number of H-pyrrole nitrogens is 1. The summed E-state index contributed by atoms with van der Waals surface area (Å²) in [6, 6.07) is 3.74. The number of hydrogen-bond donors (Lipinski definition) is 2. The lowest BCUT2D eigenvalue weighted by Gasteiger charge is -2.02. The molecule has 0 saturated heterocycles. The van der Waals surface area contributed by atoms with Crippen molar-refractivity contribution in [2.75, 3.05) is 11.9 Å². The van der Waals surface area contributed by atoms with Gasteiger partial charge in [-0.3, -0.25) is 5.10 Å². The van der Waals surface area contributed by atoms with Crippen molar-refractivity contribution in [2.24, 2.45) is 0 Å². The fourth-order valence-electron chi connectivity index (χ4n) is 1.22. The molecule has 0 aliphatic heterocycles. The molecule has 2 aromatic rings. The van der Waals surface area contributed by atoms with Crippen molar-refractivity contribution >= 4 is 5.82 Å². The van der Waals surface area contributed by atoms with Crippen LogP contribution in [0.4, 0.5) is 5.82 Å². The minimum atomic E-state index is 0.801. The number of aromatic nitrogens is 5. The van der Waals surface area contributed by atoms with Gasteiger partial charge in [-0.05, 0) is 18.6 Å². The van der Waals surface area contributed by atoms with E-state index < -0.39 is 0 Å². The quantitative estimate of drug-likeness (QED) is 0.699. The summed E-state index contributed by atoms with van der Waals surface area (Å²) >= 11 is 0. The molecule has 78 valence electrons. The molecule has 0 radical (unpaired) electrons. The Balaban J connectivity index is 1.68. The van der Waals surface area contributed by atoms with Crippen LogP contribution in [0.2, 0.25) is 0 Å². The lowest BCUT2D eigenvalue weighted by molar-refractivity contribution is 0.801. The normalized spacial score (nSPS) is 10.1. The molecule has 0 aromatic carbocycles. The van der Waals surface area contributed by atoms with Crippen molar-refractivity contribution in [2.45, 2.75) is 12.8 Å². The maximum absolute atomic E-state index is 4.04. The molecule has 0 aliphatic carbocycles. The molecule has 0 amide bonds. The molecule has 0 atom stereocenters. The van der Waals surface area contributed by atoms with E-state index >= 15 is 0 Å². The second kappa shape index (κ2) is 5.04. The Labute approximate surface area is 87.2 Å². The molecule has 0 fully saturated rings. The van der Waals surface area contributed by atoms with Crippen LogP contribution in [0.1, 0.15) is 12.2 Å². The van der Waals surface area contributed by atoms with Crippen LogP contribution in [-0.4, -0.2) is 31.9 Å². The van der Waals surface area contributed by atoms with Gasteiger partial charge < -0.3 is 5.32 Å². The third kappa shape index (κ3) is 3.01. The Morgan fingerprint density at radius 3 is 3.13 bits per heavy atom. The van der Waals surface area contributed by atoms with E-state index in [2.05, 4.69) is 30.7 Å². The summed E-state index contributed by atoms with van der Waals surface area (Å²) in [5.41, 5.74) is 0. The molecule has 0 bridgehead atoms. The highest BCUT2D eigenvalue weighted by Crippen LogP contribution is 1.99. The van der Waals surface area contributed by atoms with Crippen LogP contribution in [0.3, 0.4) is 0 Å². The lowest BCUT2D eigenvalue weighted by atomic mass is 10.3. The molecule has 2 aromatic heterocycles. The van der Waals surface area contributed by atoms with E-state index in [1.807, 2.05) is 12.1 Å². The van der Waals surface area contributed by atoms with E-state index in [-0.39, 0.29) is 0 Å². The standard InChI is InChI=1S/C9H12N6/c1(3-9-11-7-13-15-9)5-10-8-4-2-6-12-14-8/h2,4,6-7H,1,3,5H2,(H,10,14)(H,11,13,15). The van der Waals surface area contributed by atoms with E-state index in [1.165, 1.54) is 6.33 Å². The molecule has 0 aliphatic rings. The van der Waals surface area contributed by atoms with Gasteiger partial charge in [0, 0.05) is 19.2 Å². The number of aromatic amines is 1. The minimum Gasteiger partial charge on any atom is -0.369 e. The van der Waals surface area contributed by atoms with Gasteiger partial charge in [0.2, 0.25) is 0 Å². The highest BCUT2D eigenvalue weighted by atomic mass is 15.2. The van der Waals surface area contributed by atoms with Crippen molar-refractivity contribution in [3.8, 4) is 0 Å². The molecular weight excluding hydrogens is 192 g/mol. The van der Waals surface area contributed by atoms with Crippen molar-refractivity contribution < 1.29 is 0 Å². The van der Waals surface area contributed by atoms with Gasteiger partial charge >= 0.3 is 0 Å². The third-order valence-electron chi connectivity index (χ3n) is 1.93. The van der Waals surface area contributed by atoms with Crippen LogP contribution in [0.25, 0.3) is 0 Å². The average molecular weight is 204 g/mol. The summed E-state index contributed by atoms with van der Waals surface area (Å²) in [6.45, 7) is 0.847. The Bertz CT molecular complexity index is 371. The zero-order valence-corrected chi connectivity index (χ0v) is 8.22. The Hall–Kier alpha value is -1.98. The minimum absolute atomic E-state index is 0.801. The molecule has 6 nitrogen and oxygen atoms in total. The van der Waals surface area contributed by atoms with Gasteiger partial charge in [0.25, 0.3) is 0 Å². The smallest absolute Gasteiger partial charge is 0.148 e. The van der Waals surface area contributed by atoms with Crippen LogP contribution in [-0.2, 0) is 6.42 Å². The van der Waals surface area contributed by atoms with Crippen molar-refractivity contribution in [3.63, 3.8) is 0 Å². The van der Waals surface area contributed by atoms with Crippen molar-refractivity contribution in [1.29, 1.82) is 0 Å². The van der Waals surface area contributed by atoms with Gasteiger partial charge in [0.05, 0.1) is 0 Å². The van der Waals surface area contributed by atoms with Gasteiger partial charge in [0.1, 0.15) is 18.0 Å². The van der Waals surface area contributed by atoms with Crippen LogP contribution in [0.15, 0.2) is 24.7 Å². The zero-order valence-electron chi connectivity index (χ0n) is 8.22. The molecule has 15 heavy (non-hydrogen) atoms. The first kappa shape index (κ1) is 9.57. The van der Waals surface area contributed by atoms with E-state index in [0.29, 0.717) is 0 Å². The number of nitrogens with zero attached hydrogens (tertiary/aromatic N) is 4. The van der Waals surface area contributed by atoms with Crippen LogP contribution < -0.4 is 5.32 Å². The second-order valence-electron chi connectivity index (χ2n) is 3.07. The monoisotopic (exact) mass is 204 g/mol. The first-order valence-electron chi connectivity index (χ1n) is 4.81.